The molecular formula is C15H23NO4. The summed E-state index contributed by atoms with van der Waals surface area (Å²) in [6, 6.07) is 5.26. The third-order valence-electron chi connectivity index (χ3n) is 3.44. The molecule has 0 aliphatic heterocycles. The van der Waals surface area contributed by atoms with Crippen molar-refractivity contribution in [2.45, 2.75) is 39.8 Å². The van der Waals surface area contributed by atoms with Crippen LogP contribution in [0.2, 0.25) is 0 Å². The lowest BCUT2D eigenvalue weighted by molar-refractivity contribution is -0.149. The van der Waals surface area contributed by atoms with Gasteiger partial charge in [0, 0.05) is 12.1 Å². The third-order valence-corrected chi connectivity index (χ3v) is 3.44. The highest BCUT2D eigenvalue weighted by Gasteiger charge is 2.34. The molecule has 0 saturated carbocycles. The van der Waals surface area contributed by atoms with Crippen LogP contribution in [-0.2, 0) is 11.3 Å². The minimum atomic E-state index is -0.997. The smallest absolute Gasteiger partial charge is 0.323 e. The van der Waals surface area contributed by atoms with Crippen LogP contribution in [0, 0.1) is 0 Å². The molecule has 0 aliphatic carbocycles. The van der Waals surface area contributed by atoms with E-state index in [0.717, 1.165) is 0 Å². The van der Waals surface area contributed by atoms with E-state index in [9.17, 15) is 15.0 Å². The molecule has 0 bridgehead atoms. The molecule has 1 aromatic carbocycles. The Morgan fingerprint density at radius 1 is 1.35 bits per heavy atom. The predicted octanol–water partition coefficient (Wildman–Crippen LogP) is 2.48. The standard InChI is InChI=1S/C15H23NO4/c1-5-16(15(3,4)14(18)19)10-11-8-7-9-12(13(11)17)20-6-2/h7-9,17H,5-6,10H2,1-4H3,(H,18,19). The van der Waals surface area contributed by atoms with Gasteiger partial charge < -0.3 is 14.9 Å². The second kappa shape index (κ2) is 6.61. The number of phenols is 1. The molecule has 0 saturated heterocycles. The number of para-hydroxylation sites is 1. The molecule has 112 valence electrons. The summed E-state index contributed by atoms with van der Waals surface area (Å²) in [5, 5.41) is 19.5. The van der Waals surface area contributed by atoms with E-state index >= 15 is 0 Å². The van der Waals surface area contributed by atoms with Crippen LogP contribution in [-0.4, -0.2) is 39.8 Å². The number of carboxylic acid groups (broad SMARTS) is 1. The van der Waals surface area contributed by atoms with E-state index in [0.29, 0.717) is 31.0 Å². The highest BCUT2D eigenvalue weighted by atomic mass is 16.5. The van der Waals surface area contributed by atoms with Gasteiger partial charge in [-0.05, 0) is 33.4 Å². The number of carbonyl (C=O) groups is 1. The average Bonchev–Trinajstić information content (AvgIpc) is 2.39. The minimum absolute atomic E-state index is 0.0778. The molecule has 0 spiro atoms. The van der Waals surface area contributed by atoms with Crippen molar-refractivity contribution in [1.82, 2.24) is 4.90 Å². The fourth-order valence-corrected chi connectivity index (χ4v) is 2.01. The highest BCUT2D eigenvalue weighted by molar-refractivity contribution is 5.77. The van der Waals surface area contributed by atoms with Gasteiger partial charge >= 0.3 is 5.97 Å². The van der Waals surface area contributed by atoms with Crippen molar-refractivity contribution in [2.75, 3.05) is 13.2 Å². The minimum Gasteiger partial charge on any atom is -0.504 e. The van der Waals surface area contributed by atoms with Gasteiger partial charge in [0.15, 0.2) is 11.5 Å². The summed E-state index contributed by atoms with van der Waals surface area (Å²) in [6.45, 7) is 8.44. The molecule has 1 aromatic rings. The molecule has 0 radical (unpaired) electrons. The topological polar surface area (TPSA) is 70.0 Å². The Morgan fingerprint density at radius 2 is 2.00 bits per heavy atom. The maximum atomic E-state index is 11.3. The number of rotatable bonds is 7. The average molecular weight is 281 g/mol. The van der Waals surface area contributed by atoms with E-state index in [2.05, 4.69) is 0 Å². The first-order valence-electron chi connectivity index (χ1n) is 6.76. The van der Waals surface area contributed by atoms with Crippen LogP contribution in [0.15, 0.2) is 18.2 Å². The first-order chi connectivity index (χ1) is 9.34. The molecule has 0 aromatic heterocycles. The lowest BCUT2D eigenvalue weighted by atomic mass is 10.0. The summed E-state index contributed by atoms with van der Waals surface area (Å²) in [5.74, 6) is -0.386. The molecule has 0 atom stereocenters. The number of hydrogen-bond acceptors (Lipinski definition) is 4. The van der Waals surface area contributed by atoms with Crippen molar-refractivity contribution in [3.8, 4) is 11.5 Å². The van der Waals surface area contributed by atoms with Crippen molar-refractivity contribution in [3.63, 3.8) is 0 Å². The van der Waals surface area contributed by atoms with E-state index in [1.165, 1.54) is 0 Å². The van der Waals surface area contributed by atoms with Crippen LogP contribution < -0.4 is 4.74 Å². The summed E-state index contributed by atoms with van der Waals surface area (Å²) in [5.41, 5.74) is -0.338. The molecule has 0 fully saturated rings. The zero-order chi connectivity index (χ0) is 15.3. The van der Waals surface area contributed by atoms with Crippen LogP contribution in [0.4, 0.5) is 0 Å². The molecule has 2 N–H and O–H groups in total. The Kier molecular flexibility index (Phi) is 5.39. The summed E-state index contributed by atoms with van der Waals surface area (Å²) in [4.78, 5) is 13.1. The van der Waals surface area contributed by atoms with Gasteiger partial charge in [-0.15, -0.1) is 0 Å². The molecule has 5 nitrogen and oxygen atoms in total. The molecule has 0 aliphatic rings. The van der Waals surface area contributed by atoms with Crippen LogP contribution in [0.1, 0.15) is 33.3 Å². The first kappa shape index (κ1) is 16.3. The van der Waals surface area contributed by atoms with Crippen LogP contribution >= 0.6 is 0 Å². The number of likely N-dealkylation sites (N-methyl/N-ethyl adjacent to an activating group) is 1. The SMILES string of the molecule is CCOc1cccc(CN(CC)C(C)(C)C(=O)O)c1O. The van der Waals surface area contributed by atoms with Gasteiger partial charge in [0.05, 0.1) is 6.61 Å². The van der Waals surface area contributed by atoms with Crippen LogP contribution in [0.5, 0.6) is 11.5 Å². The van der Waals surface area contributed by atoms with Gasteiger partial charge in [0.2, 0.25) is 0 Å². The summed E-state index contributed by atoms with van der Waals surface area (Å²) in [6.07, 6.45) is 0. The van der Waals surface area contributed by atoms with Gasteiger partial charge in [-0.2, -0.15) is 0 Å². The molecule has 0 unspecified atom stereocenters. The normalized spacial score (nSPS) is 11.7. The maximum Gasteiger partial charge on any atom is 0.323 e. The van der Waals surface area contributed by atoms with Crippen LogP contribution in [0.3, 0.4) is 0 Å². The lowest BCUT2D eigenvalue weighted by Gasteiger charge is -2.34. The second-order valence-corrected chi connectivity index (χ2v) is 5.08. The monoisotopic (exact) mass is 281 g/mol. The third kappa shape index (κ3) is 3.42. The number of benzene rings is 1. The molecular weight excluding hydrogens is 258 g/mol. The second-order valence-electron chi connectivity index (χ2n) is 5.08. The largest absolute Gasteiger partial charge is 0.504 e. The molecule has 1 rings (SSSR count). The van der Waals surface area contributed by atoms with Gasteiger partial charge in [-0.1, -0.05) is 19.1 Å². The first-order valence-corrected chi connectivity index (χ1v) is 6.76. The quantitative estimate of drug-likeness (QED) is 0.803. The number of hydrogen-bond donors (Lipinski definition) is 2. The van der Waals surface area contributed by atoms with E-state index in [4.69, 9.17) is 4.74 Å². The Hall–Kier alpha value is -1.75. The number of nitrogens with zero attached hydrogens (tertiary/aromatic N) is 1. The predicted molar refractivity (Wildman–Crippen MR) is 77.1 cm³/mol. The summed E-state index contributed by atoms with van der Waals surface area (Å²) >= 11 is 0. The number of carboxylic acids is 1. The van der Waals surface area contributed by atoms with Crippen molar-refractivity contribution in [3.05, 3.63) is 23.8 Å². The maximum absolute atomic E-state index is 11.3. The van der Waals surface area contributed by atoms with Crippen molar-refractivity contribution in [1.29, 1.82) is 0 Å². The van der Waals surface area contributed by atoms with Crippen molar-refractivity contribution < 1.29 is 19.7 Å². The molecule has 5 heteroatoms. The molecule has 20 heavy (non-hydrogen) atoms. The number of phenolic OH excluding ortho intramolecular Hbond substituents is 1. The van der Waals surface area contributed by atoms with Gasteiger partial charge in [0.25, 0.3) is 0 Å². The van der Waals surface area contributed by atoms with Crippen molar-refractivity contribution in [2.24, 2.45) is 0 Å². The zero-order valence-corrected chi connectivity index (χ0v) is 12.5. The Labute approximate surface area is 119 Å². The lowest BCUT2D eigenvalue weighted by Crippen LogP contribution is -2.49. The van der Waals surface area contributed by atoms with Gasteiger partial charge in [0.1, 0.15) is 5.54 Å². The summed E-state index contributed by atoms with van der Waals surface area (Å²) in [7, 11) is 0. The number of aliphatic carboxylic acids is 1. The Balaban J connectivity index is 3.02. The number of ether oxygens (including phenoxy) is 1. The van der Waals surface area contributed by atoms with E-state index < -0.39 is 11.5 Å². The molecule has 0 heterocycles. The zero-order valence-electron chi connectivity index (χ0n) is 12.5. The molecule has 0 amide bonds. The highest BCUT2D eigenvalue weighted by Crippen LogP contribution is 2.32. The van der Waals surface area contributed by atoms with E-state index in [-0.39, 0.29) is 5.75 Å². The Morgan fingerprint density at radius 3 is 2.50 bits per heavy atom. The van der Waals surface area contributed by atoms with Crippen LogP contribution in [0.25, 0.3) is 0 Å². The van der Waals surface area contributed by atoms with Crippen molar-refractivity contribution >= 4 is 5.97 Å². The van der Waals surface area contributed by atoms with Gasteiger partial charge in [-0.3, -0.25) is 9.69 Å². The van der Waals surface area contributed by atoms with E-state index in [1.807, 2.05) is 13.8 Å². The number of aromatic hydroxyl groups is 1. The summed E-state index contributed by atoms with van der Waals surface area (Å²) < 4.78 is 5.34. The van der Waals surface area contributed by atoms with Gasteiger partial charge in [-0.25, -0.2) is 0 Å². The Bertz CT molecular complexity index is 471. The van der Waals surface area contributed by atoms with E-state index in [1.54, 1.807) is 36.9 Å². The fraction of sp³-hybridized carbons (Fsp3) is 0.533. The fourth-order valence-electron chi connectivity index (χ4n) is 2.01.